The van der Waals surface area contributed by atoms with E-state index in [-0.39, 0.29) is 43.0 Å². The summed E-state index contributed by atoms with van der Waals surface area (Å²) >= 11 is 0. The highest BCUT2D eigenvalue weighted by molar-refractivity contribution is 5.84. The molecule has 45 heavy (non-hydrogen) atoms. The minimum absolute atomic E-state index is 0.00935. The zero-order valence-electron chi connectivity index (χ0n) is 26.1. The van der Waals surface area contributed by atoms with Crippen molar-refractivity contribution in [1.29, 1.82) is 0 Å². The van der Waals surface area contributed by atoms with E-state index in [0.29, 0.717) is 43.0 Å². The van der Waals surface area contributed by atoms with Gasteiger partial charge < -0.3 is 40.5 Å². The molecule has 11 nitrogen and oxygen atoms in total. The summed E-state index contributed by atoms with van der Waals surface area (Å²) < 4.78 is 20.6. The van der Waals surface area contributed by atoms with Crippen molar-refractivity contribution >= 4 is 11.7 Å². The Morgan fingerprint density at radius 2 is 1.73 bits per heavy atom. The summed E-state index contributed by atoms with van der Waals surface area (Å²) in [6.45, 7) is 4.48. The Kier molecular flexibility index (Phi) is 13.6. The first-order valence-corrected chi connectivity index (χ1v) is 16.2. The molecular formula is C33H49FN4O7. The van der Waals surface area contributed by atoms with Crippen molar-refractivity contribution in [3.63, 3.8) is 0 Å². The fourth-order valence-corrected chi connectivity index (χ4v) is 6.00. The van der Waals surface area contributed by atoms with E-state index >= 15 is 0 Å². The van der Waals surface area contributed by atoms with E-state index in [1.165, 1.54) is 6.07 Å². The van der Waals surface area contributed by atoms with Crippen molar-refractivity contribution in [3.05, 3.63) is 53.1 Å². The van der Waals surface area contributed by atoms with Crippen molar-refractivity contribution in [1.82, 2.24) is 15.3 Å². The van der Waals surface area contributed by atoms with E-state index in [0.717, 1.165) is 50.3 Å². The number of benzene rings is 1. The van der Waals surface area contributed by atoms with Crippen LogP contribution in [0.2, 0.25) is 0 Å². The van der Waals surface area contributed by atoms with Gasteiger partial charge in [-0.2, -0.15) is 0 Å². The number of rotatable bonds is 18. The van der Waals surface area contributed by atoms with Crippen LogP contribution in [0.25, 0.3) is 0 Å². The van der Waals surface area contributed by atoms with Crippen molar-refractivity contribution in [2.45, 2.75) is 82.9 Å². The molecule has 2 aromatic rings. The summed E-state index contributed by atoms with van der Waals surface area (Å²) in [6.07, 6.45) is 3.16. The number of ketones is 1. The van der Waals surface area contributed by atoms with E-state index in [9.17, 15) is 29.6 Å². The predicted molar refractivity (Wildman–Crippen MR) is 166 cm³/mol. The van der Waals surface area contributed by atoms with Crippen LogP contribution < -0.4 is 10.2 Å². The van der Waals surface area contributed by atoms with Gasteiger partial charge in [0.2, 0.25) is 5.95 Å². The molecule has 1 aromatic heterocycles. The standard InChI is InChI=1S/C33H49FN4O7/c1-2-21-16-36-33(37-17-21)38-8-5-22(6-9-38)7-10-45-20-25-4-3-23(13-27(25)34)14-28(40)26-11-24(12-26)15-35-18-29(41)31(43)32(44)30(42)19-39/h3-4,13,16-17,22,24,26,29-32,35,39,41-44H,2,5-12,14-15,18-20H2,1H3/t24?,26?,29-,30+,31+,32+/m0/s1. The molecule has 0 spiro atoms. The zero-order chi connectivity index (χ0) is 32.3. The van der Waals surface area contributed by atoms with Crippen LogP contribution >= 0.6 is 0 Å². The first kappa shape index (κ1) is 35.3. The molecule has 4 rings (SSSR count). The molecule has 12 heteroatoms. The second-order valence-corrected chi connectivity index (χ2v) is 12.6. The number of Topliss-reactive ketones (excluding diaryl/α,β-unsaturated/α-hetero) is 1. The lowest BCUT2D eigenvalue weighted by atomic mass is 9.71. The van der Waals surface area contributed by atoms with Crippen LogP contribution in [0.15, 0.2) is 30.6 Å². The van der Waals surface area contributed by atoms with Gasteiger partial charge in [-0.05, 0) is 74.1 Å². The van der Waals surface area contributed by atoms with Gasteiger partial charge in [-0.25, -0.2) is 14.4 Å². The Morgan fingerprint density at radius 1 is 1.04 bits per heavy atom. The van der Waals surface area contributed by atoms with Crippen LogP contribution in [0.1, 0.15) is 55.7 Å². The fourth-order valence-electron chi connectivity index (χ4n) is 6.00. The first-order valence-electron chi connectivity index (χ1n) is 16.2. The van der Waals surface area contributed by atoms with Gasteiger partial charge in [0.15, 0.2) is 0 Å². The Labute approximate surface area is 264 Å². The molecule has 0 bridgehead atoms. The molecule has 250 valence electrons. The van der Waals surface area contributed by atoms with E-state index in [1.807, 2.05) is 12.4 Å². The van der Waals surface area contributed by atoms with E-state index in [2.05, 4.69) is 27.1 Å². The van der Waals surface area contributed by atoms with Gasteiger partial charge in [0.05, 0.1) is 19.3 Å². The lowest BCUT2D eigenvalue weighted by molar-refractivity contribution is -0.126. The summed E-state index contributed by atoms with van der Waals surface area (Å²) in [7, 11) is 0. The molecule has 4 atom stereocenters. The Balaban J connectivity index is 1.08. The Hall–Kier alpha value is -2.58. The smallest absolute Gasteiger partial charge is 0.225 e. The quantitative estimate of drug-likeness (QED) is 0.131. The summed E-state index contributed by atoms with van der Waals surface area (Å²) in [5.74, 6) is 1.19. The maximum atomic E-state index is 14.8. The summed E-state index contributed by atoms with van der Waals surface area (Å²) in [5, 5.41) is 50.8. The summed E-state index contributed by atoms with van der Waals surface area (Å²) in [5.41, 5.74) is 2.26. The number of aliphatic hydroxyl groups excluding tert-OH is 5. The number of hydrogen-bond acceptors (Lipinski definition) is 11. The third-order valence-electron chi connectivity index (χ3n) is 9.22. The van der Waals surface area contributed by atoms with E-state index in [4.69, 9.17) is 9.84 Å². The maximum Gasteiger partial charge on any atom is 0.225 e. The van der Waals surface area contributed by atoms with Crippen molar-refractivity contribution < 1.29 is 39.5 Å². The number of aliphatic hydroxyl groups is 5. The van der Waals surface area contributed by atoms with Crippen LogP contribution in [-0.2, 0) is 29.0 Å². The minimum atomic E-state index is -1.66. The minimum Gasteiger partial charge on any atom is -0.394 e. The number of aromatic nitrogens is 2. The second kappa shape index (κ2) is 17.4. The average Bonchev–Trinajstić information content (AvgIpc) is 3.04. The van der Waals surface area contributed by atoms with Crippen LogP contribution in [0.3, 0.4) is 0 Å². The molecule has 2 heterocycles. The molecule has 1 saturated carbocycles. The van der Waals surface area contributed by atoms with E-state index < -0.39 is 31.0 Å². The predicted octanol–water partition coefficient (Wildman–Crippen LogP) is 1.16. The molecule has 1 aliphatic heterocycles. The van der Waals surface area contributed by atoms with Gasteiger partial charge >= 0.3 is 0 Å². The topological polar surface area (TPSA) is 168 Å². The van der Waals surface area contributed by atoms with Gasteiger partial charge in [-0.1, -0.05) is 19.1 Å². The van der Waals surface area contributed by atoms with Gasteiger partial charge in [0.25, 0.3) is 0 Å². The monoisotopic (exact) mass is 632 g/mol. The molecule has 1 saturated heterocycles. The molecule has 6 N–H and O–H groups in total. The number of hydrogen-bond donors (Lipinski definition) is 6. The third kappa shape index (κ3) is 10.2. The molecule has 0 radical (unpaired) electrons. The van der Waals surface area contributed by atoms with Crippen molar-refractivity contribution in [2.24, 2.45) is 17.8 Å². The number of halogens is 1. The number of carbonyl (C=O) groups excluding carboxylic acids is 1. The number of nitrogens with zero attached hydrogens (tertiary/aromatic N) is 3. The summed E-state index contributed by atoms with van der Waals surface area (Å²) in [6, 6.07) is 4.91. The molecule has 1 aliphatic carbocycles. The van der Waals surface area contributed by atoms with Crippen LogP contribution in [-0.4, -0.2) is 105 Å². The first-order chi connectivity index (χ1) is 21.7. The maximum absolute atomic E-state index is 14.8. The molecule has 1 aromatic carbocycles. The van der Waals surface area contributed by atoms with Crippen molar-refractivity contribution in [3.8, 4) is 0 Å². The highest BCUT2D eigenvalue weighted by atomic mass is 19.1. The number of nitrogens with one attached hydrogen (secondary N) is 1. The van der Waals surface area contributed by atoms with Crippen LogP contribution in [0.4, 0.5) is 10.3 Å². The summed E-state index contributed by atoms with van der Waals surface area (Å²) in [4.78, 5) is 23.9. The zero-order valence-corrected chi connectivity index (χ0v) is 26.1. The molecule has 0 unspecified atom stereocenters. The van der Waals surface area contributed by atoms with Gasteiger partial charge in [0.1, 0.15) is 29.9 Å². The number of piperidine rings is 1. The third-order valence-corrected chi connectivity index (χ3v) is 9.22. The highest BCUT2D eigenvalue weighted by Gasteiger charge is 2.35. The highest BCUT2D eigenvalue weighted by Crippen LogP contribution is 2.34. The number of anilines is 1. The molecule has 0 amide bonds. The van der Waals surface area contributed by atoms with E-state index in [1.54, 1.807) is 12.1 Å². The molecule has 2 fully saturated rings. The van der Waals surface area contributed by atoms with Gasteiger partial charge in [-0.3, -0.25) is 4.79 Å². The average molecular weight is 633 g/mol. The normalized spacial score (nSPS) is 21.6. The fraction of sp³-hybridized carbons (Fsp3) is 0.667. The van der Waals surface area contributed by atoms with Gasteiger partial charge in [-0.15, -0.1) is 0 Å². The molecular weight excluding hydrogens is 583 g/mol. The largest absolute Gasteiger partial charge is 0.394 e. The SMILES string of the molecule is CCc1cnc(N2CCC(CCOCc3ccc(CC(=O)C4CC(CNC[C@H](O)[C@@H](O)[C@H](O)[C@H](O)CO)C4)cc3F)CC2)nc1. The van der Waals surface area contributed by atoms with Gasteiger partial charge in [0, 0.05) is 56.5 Å². The lowest BCUT2D eigenvalue weighted by Crippen LogP contribution is -2.49. The van der Waals surface area contributed by atoms with Crippen LogP contribution in [0, 0.1) is 23.6 Å². The Morgan fingerprint density at radius 3 is 2.38 bits per heavy atom. The molecule has 2 aliphatic rings. The Bertz CT molecular complexity index is 1190. The number of carbonyl (C=O) groups is 1. The second-order valence-electron chi connectivity index (χ2n) is 12.6. The number of aryl methyl sites for hydroxylation is 1. The number of ether oxygens (including phenoxy) is 1. The lowest BCUT2D eigenvalue weighted by Gasteiger charge is -2.35. The van der Waals surface area contributed by atoms with Crippen molar-refractivity contribution in [2.75, 3.05) is 44.3 Å². The van der Waals surface area contributed by atoms with Crippen LogP contribution in [0.5, 0.6) is 0 Å².